The lowest BCUT2D eigenvalue weighted by molar-refractivity contribution is -0.267. The SMILES string of the molecule is N#[N+]c1c([O-])cc[nH]c1=O. The molecule has 0 aliphatic rings. The molecular formula is C5H3N3O2. The molecule has 1 heterocycles. The van der Waals surface area contributed by atoms with Gasteiger partial charge in [0.1, 0.15) is 0 Å². The van der Waals surface area contributed by atoms with E-state index < -0.39 is 17.0 Å². The molecule has 5 nitrogen and oxygen atoms in total. The second kappa shape index (κ2) is 2.19. The Hall–Kier alpha value is -1.83. The Labute approximate surface area is 55.6 Å². The number of nitrogens with zero attached hydrogens (tertiary/aromatic N) is 2. The zero-order valence-corrected chi connectivity index (χ0v) is 4.87. The number of nitrogens with one attached hydrogen (secondary N) is 1. The number of aromatic amines is 1. The highest BCUT2D eigenvalue weighted by molar-refractivity contribution is 5.52. The number of pyridine rings is 1. The van der Waals surface area contributed by atoms with Crippen molar-refractivity contribution >= 4 is 5.69 Å². The van der Waals surface area contributed by atoms with Crippen LogP contribution in [0.1, 0.15) is 0 Å². The average molecular weight is 137 g/mol. The topological polar surface area (TPSA) is 84.1 Å². The van der Waals surface area contributed by atoms with Crippen LogP contribution >= 0.6 is 0 Å². The molecule has 0 saturated heterocycles. The van der Waals surface area contributed by atoms with Crippen LogP contribution in [0.25, 0.3) is 4.98 Å². The zero-order chi connectivity index (χ0) is 7.56. The van der Waals surface area contributed by atoms with E-state index in [1.807, 2.05) is 0 Å². The Morgan fingerprint density at radius 1 is 1.70 bits per heavy atom. The van der Waals surface area contributed by atoms with Crippen LogP contribution in [0.15, 0.2) is 17.1 Å². The molecular weight excluding hydrogens is 134 g/mol. The lowest BCUT2D eigenvalue weighted by Gasteiger charge is -1.95. The van der Waals surface area contributed by atoms with Gasteiger partial charge in [0.15, 0.2) is 4.98 Å². The van der Waals surface area contributed by atoms with E-state index in [1.165, 1.54) is 6.20 Å². The van der Waals surface area contributed by atoms with E-state index in [2.05, 4.69) is 9.96 Å². The van der Waals surface area contributed by atoms with Gasteiger partial charge in [0.05, 0.1) is 0 Å². The molecule has 0 saturated carbocycles. The average Bonchev–Trinajstić information content (AvgIpc) is 1.88. The Kier molecular flexibility index (Phi) is 1.38. The molecule has 1 aromatic rings. The van der Waals surface area contributed by atoms with Gasteiger partial charge in [-0.3, -0.25) is 4.79 Å². The molecule has 0 aliphatic heterocycles. The third-order valence-corrected chi connectivity index (χ3v) is 0.998. The van der Waals surface area contributed by atoms with Crippen molar-refractivity contribution in [1.29, 1.82) is 5.39 Å². The fourth-order valence-electron chi connectivity index (χ4n) is 0.547. The van der Waals surface area contributed by atoms with Crippen LogP contribution in [-0.4, -0.2) is 4.98 Å². The van der Waals surface area contributed by atoms with Crippen LogP contribution in [0, 0.1) is 5.39 Å². The molecule has 0 aliphatic carbocycles. The summed E-state index contributed by atoms with van der Waals surface area (Å²) in [6, 6.07) is 1.11. The standard InChI is InChI=1S/C5H3N3O2/c6-8-4-3(9)1-2-7-5(4)10/h1-2H,(H-,7,9,10). The highest BCUT2D eigenvalue weighted by atomic mass is 16.3. The summed E-state index contributed by atoms with van der Waals surface area (Å²) < 4.78 is 0. The summed E-state index contributed by atoms with van der Waals surface area (Å²) >= 11 is 0. The number of hydrogen-bond acceptors (Lipinski definition) is 3. The van der Waals surface area contributed by atoms with Crippen LogP contribution in [-0.2, 0) is 0 Å². The Morgan fingerprint density at radius 2 is 2.40 bits per heavy atom. The van der Waals surface area contributed by atoms with Gasteiger partial charge < -0.3 is 10.1 Å². The molecule has 1 rings (SSSR count). The van der Waals surface area contributed by atoms with Crippen molar-refractivity contribution in [3.63, 3.8) is 0 Å². The second-order valence-electron chi connectivity index (χ2n) is 1.62. The summed E-state index contributed by atoms with van der Waals surface area (Å²) in [6.07, 6.45) is 1.19. The molecule has 1 N–H and O–H groups in total. The third kappa shape index (κ3) is 0.821. The van der Waals surface area contributed by atoms with E-state index >= 15 is 0 Å². The highest BCUT2D eigenvalue weighted by Crippen LogP contribution is 2.14. The normalized spacial score (nSPS) is 8.70. The monoisotopic (exact) mass is 137 g/mol. The summed E-state index contributed by atoms with van der Waals surface area (Å²) in [5, 5.41) is 18.7. The van der Waals surface area contributed by atoms with Gasteiger partial charge in [-0.15, -0.1) is 0 Å². The van der Waals surface area contributed by atoms with Crippen molar-refractivity contribution < 1.29 is 5.11 Å². The first kappa shape index (κ1) is 6.29. The summed E-state index contributed by atoms with van der Waals surface area (Å²) in [5.41, 5.74) is -1.17. The van der Waals surface area contributed by atoms with Crippen LogP contribution in [0.2, 0.25) is 0 Å². The summed E-state index contributed by atoms with van der Waals surface area (Å²) in [6.45, 7) is 0. The number of H-pyrrole nitrogens is 1. The number of aromatic nitrogens is 1. The number of hydrogen-bond donors (Lipinski definition) is 1. The fourth-order valence-corrected chi connectivity index (χ4v) is 0.547. The van der Waals surface area contributed by atoms with Gasteiger partial charge in [0.2, 0.25) is 5.39 Å². The molecule has 0 unspecified atom stereocenters. The minimum atomic E-state index is -0.685. The molecule has 0 spiro atoms. The van der Waals surface area contributed by atoms with E-state index in [1.54, 1.807) is 0 Å². The van der Waals surface area contributed by atoms with Gasteiger partial charge in [-0.2, -0.15) is 0 Å². The molecule has 0 atom stereocenters. The molecule has 10 heavy (non-hydrogen) atoms. The Balaban J connectivity index is 3.50. The molecule has 5 heteroatoms. The van der Waals surface area contributed by atoms with E-state index in [-0.39, 0.29) is 0 Å². The first-order chi connectivity index (χ1) is 4.75. The minimum Gasteiger partial charge on any atom is -0.867 e. The molecule has 1 aromatic heterocycles. The third-order valence-electron chi connectivity index (χ3n) is 0.998. The van der Waals surface area contributed by atoms with Gasteiger partial charge in [-0.25, -0.2) is 0 Å². The van der Waals surface area contributed by atoms with Crippen molar-refractivity contribution in [2.45, 2.75) is 0 Å². The summed E-state index contributed by atoms with van der Waals surface area (Å²) in [5.74, 6) is -0.591. The first-order valence-electron chi connectivity index (χ1n) is 2.49. The maximum atomic E-state index is 10.6. The molecule has 0 amide bonds. The molecule has 0 aromatic carbocycles. The number of rotatable bonds is 0. The molecule has 0 bridgehead atoms. The lowest BCUT2D eigenvalue weighted by Crippen LogP contribution is -2.06. The van der Waals surface area contributed by atoms with Crippen molar-refractivity contribution in [3.8, 4) is 5.75 Å². The van der Waals surface area contributed by atoms with Crippen LogP contribution < -0.4 is 10.7 Å². The minimum absolute atomic E-state index is 0.484. The lowest BCUT2D eigenvalue weighted by atomic mass is 10.4. The largest absolute Gasteiger partial charge is 0.867 e. The van der Waals surface area contributed by atoms with Gasteiger partial charge in [-0.1, -0.05) is 0 Å². The summed E-state index contributed by atoms with van der Waals surface area (Å²) in [7, 11) is 0. The van der Waals surface area contributed by atoms with Gasteiger partial charge in [0, 0.05) is 6.20 Å². The quantitative estimate of drug-likeness (QED) is 0.508. The predicted octanol–water partition coefficient (Wildman–Crippen LogP) is -0.0669. The highest BCUT2D eigenvalue weighted by Gasteiger charge is 2.10. The smallest absolute Gasteiger partial charge is 0.441 e. The maximum absolute atomic E-state index is 10.6. The van der Waals surface area contributed by atoms with Crippen molar-refractivity contribution in [3.05, 3.63) is 27.6 Å². The van der Waals surface area contributed by atoms with E-state index in [0.717, 1.165) is 6.07 Å². The fraction of sp³-hybridized carbons (Fsp3) is 0. The van der Waals surface area contributed by atoms with Crippen LogP contribution in [0.4, 0.5) is 5.69 Å². The van der Waals surface area contributed by atoms with Crippen molar-refractivity contribution in [1.82, 2.24) is 4.98 Å². The molecule has 0 fully saturated rings. The molecule has 0 radical (unpaired) electrons. The van der Waals surface area contributed by atoms with Crippen LogP contribution in [0.3, 0.4) is 0 Å². The molecule has 50 valence electrons. The Bertz CT molecular complexity index is 335. The predicted molar refractivity (Wildman–Crippen MR) is 31.3 cm³/mol. The Morgan fingerprint density at radius 3 is 2.80 bits per heavy atom. The second-order valence-corrected chi connectivity index (χ2v) is 1.62. The van der Waals surface area contributed by atoms with Crippen molar-refractivity contribution in [2.24, 2.45) is 0 Å². The van der Waals surface area contributed by atoms with E-state index in [0.29, 0.717) is 0 Å². The van der Waals surface area contributed by atoms with Crippen molar-refractivity contribution in [2.75, 3.05) is 0 Å². The van der Waals surface area contributed by atoms with E-state index in [9.17, 15) is 9.90 Å². The van der Waals surface area contributed by atoms with Gasteiger partial charge in [0.25, 0.3) is 0 Å². The van der Waals surface area contributed by atoms with Gasteiger partial charge >= 0.3 is 11.2 Å². The van der Waals surface area contributed by atoms with Gasteiger partial charge in [-0.05, 0) is 11.8 Å². The first-order valence-corrected chi connectivity index (χ1v) is 2.49. The van der Waals surface area contributed by atoms with E-state index in [4.69, 9.17) is 5.39 Å². The zero-order valence-electron chi connectivity index (χ0n) is 4.87. The van der Waals surface area contributed by atoms with Crippen LogP contribution in [0.5, 0.6) is 5.75 Å². The summed E-state index contributed by atoms with van der Waals surface area (Å²) in [4.78, 5) is 15.3. The number of diazo groups is 1. The maximum Gasteiger partial charge on any atom is 0.441 e.